The van der Waals surface area contributed by atoms with E-state index in [1.165, 1.54) is 71.9 Å². The Hall–Kier alpha value is -7.42. The quantitative estimate of drug-likeness (QED) is 0.153. The predicted molar refractivity (Wildman–Crippen MR) is 253 cm³/mol. The van der Waals surface area contributed by atoms with Crippen LogP contribution in [0.5, 0.6) is 0 Å². The van der Waals surface area contributed by atoms with E-state index < -0.39 is 0 Å². The van der Waals surface area contributed by atoms with Crippen molar-refractivity contribution in [1.82, 2.24) is 0 Å². The Labute approximate surface area is 351 Å². The van der Waals surface area contributed by atoms with Gasteiger partial charge in [0, 0.05) is 39.3 Å². The summed E-state index contributed by atoms with van der Waals surface area (Å²) < 4.78 is 6.45. The Morgan fingerprint density at radius 2 is 1.10 bits per heavy atom. The number of rotatable bonds is 8. The Balaban J connectivity index is 0.899. The van der Waals surface area contributed by atoms with Crippen LogP contribution in [0.4, 0.5) is 11.4 Å². The average Bonchev–Trinajstić information content (AvgIpc) is 3.72. The van der Waals surface area contributed by atoms with Gasteiger partial charge >= 0.3 is 0 Å². The molecular formula is C58H43NO. The van der Waals surface area contributed by atoms with Gasteiger partial charge in [0.05, 0.1) is 0 Å². The van der Waals surface area contributed by atoms with Crippen molar-refractivity contribution in [3.8, 4) is 22.3 Å². The van der Waals surface area contributed by atoms with Gasteiger partial charge < -0.3 is 9.32 Å². The molecule has 8 aromatic carbocycles. The van der Waals surface area contributed by atoms with Gasteiger partial charge in [-0.1, -0.05) is 182 Å². The molecule has 2 heteroatoms. The van der Waals surface area contributed by atoms with Gasteiger partial charge in [0.1, 0.15) is 11.2 Å². The number of hydrogen-bond acceptors (Lipinski definition) is 2. The molecule has 1 atom stereocenters. The van der Waals surface area contributed by atoms with E-state index in [9.17, 15) is 0 Å². The summed E-state index contributed by atoms with van der Waals surface area (Å²) in [5.74, 6) is 0.375. The number of allylic oxidation sites excluding steroid dienone is 8. The van der Waals surface area contributed by atoms with E-state index >= 15 is 0 Å². The predicted octanol–water partition coefficient (Wildman–Crippen LogP) is 16.1. The van der Waals surface area contributed by atoms with E-state index in [1.807, 2.05) is 6.07 Å². The molecule has 1 unspecified atom stereocenters. The Morgan fingerprint density at radius 1 is 0.467 bits per heavy atom. The van der Waals surface area contributed by atoms with Crippen LogP contribution in [-0.4, -0.2) is 0 Å². The van der Waals surface area contributed by atoms with Crippen molar-refractivity contribution in [2.75, 3.05) is 4.90 Å². The first-order valence-corrected chi connectivity index (χ1v) is 21.1. The van der Waals surface area contributed by atoms with Crippen molar-refractivity contribution >= 4 is 55.2 Å². The molecule has 0 aliphatic heterocycles. The van der Waals surface area contributed by atoms with Gasteiger partial charge in [-0.25, -0.2) is 0 Å². The van der Waals surface area contributed by atoms with Gasteiger partial charge in [-0.15, -0.1) is 0 Å². The van der Waals surface area contributed by atoms with Crippen LogP contribution in [-0.2, 0) is 0 Å². The highest BCUT2D eigenvalue weighted by Crippen LogP contribution is 2.41. The van der Waals surface area contributed by atoms with Gasteiger partial charge in [0.15, 0.2) is 0 Å². The molecule has 2 aliphatic rings. The number of hydrogen-bond donors (Lipinski definition) is 0. The minimum absolute atomic E-state index is 0.375. The number of nitrogens with zero attached hydrogens (tertiary/aromatic N) is 1. The zero-order valence-electron chi connectivity index (χ0n) is 33.3. The topological polar surface area (TPSA) is 16.4 Å². The molecule has 0 spiro atoms. The summed E-state index contributed by atoms with van der Waals surface area (Å²) >= 11 is 0. The van der Waals surface area contributed by atoms with Crippen LogP contribution in [0.15, 0.2) is 229 Å². The van der Waals surface area contributed by atoms with Gasteiger partial charge in [0.25, 0.3) is 0 Å². The van der Waals surface area contributed by atoms with Crippen molar-refractivity contribution in [3.63, 3.8) is 0 Å². The van der Waals surface area contributed by atoms with Crippen LogP contribution in [0.2, 0.25) is 0 Å². The van der Waals surface area contributed by atoms with Crippen LogP contribution < -0.4 is 4.90 Å². The molecule has 0 amide bonds. The molecule has 11 rings (SSSR count). The summed E-state index contributed by atoms with van der Waals surface area (Å²) in [4.78, 5) is 2.44. The molecule has 0 N–H and O–H groups in total. The lowest BCUT2D eigenvalue weighted by molar-refractivity contribution is 0.667. The summed E-state index contributed by atoms with van der Waals surface area (Å²) in [6, 6.07) is 68.0. The molecule has 0 fully saturated rings. The molecule has 2 nitrogen and oxygen atoms in total. The molecule has 0 saturated heterocycles. The normalized spacial score (nSPS) is 15.2. The zero-order chi connectivity index (χ0) is 39.8. The highest BCUT2D eigenvalue weighted by molar-refractivity contribution is 6.08. The Kier molecular flexibility index (Phi) is 9.17. The second-order valence-corrected chi connectivity index (χ2v) is 15.9. The lowest BCUT2D eigenvalue weighted by Crippen LogP contribution is -2.18. The maximum absolute atomic E-state index is 6.45. The summed E-state index contributed by atoms with van der Waals surface area (Å²) in [6.45, 7) is 0. The van der Waals surface area contributed by atoms with Crippen LogP contribution >= 0.6 is 0 Å². The number of furan rings is 1. The molecule has 60 heavy (non-hydrogen) atoms. The van der Waals surface area contributed by atoms with E-state index in [0.29, 0.717) is 5.92 Å². The van der Waals surface area contributed by atoms with E-state index in [0.717, 1.165) is 47.2 Å². The summed E-state index contributed by atoms with van der Waals surface area (Å²) in [5.41, 5.74) is 16.8. The number of para-hydroxylation sites is 2. The van der Waals surface area contributed by atoms with Crippen LogP contribution in [0, 0.1) is 0 Å². The highest BCUT2D eigenvalue weighted by atomic mass is 16.3. The molecule has 1 heterocycles. The number of fused-ring (bicyclic) bond motifs is 4. The second kappa shape index (κ2) is 15.4. The van der Waals surface area contributed by atoms with E-state index in [-0.39, 0.29) is 0 Å². The first-order valence-electron chi connectivity index (χ1n) is 21.1. The summed E-state index contributed by atoms with van der Waals surface area (Å²) in [7, 11) is 0. The molecule has 9 aromatic rings. The Bertz CT molecular complexity index is 3140. The molecule has 286 valence electrons. The van der Waals surface area contributed by atoms with Crippen molar-refractivity contribution in [1.29, 1.82) is 0 Å². The first-order chi connectivity index (χ1) is 29.7. The van der Waals surface area contributed by atoms with E-state index in [1.54, 1.807) is 0 Å². The molecule has 0 bridgehead atoms. The number of anilines is 2. The minimum atomic E-state index is 0.375. The molecule has 1 aromatic heterocycles. The molecule has 2 aliphatic carbocycles. The third kappa shape index (κ3) is 6.67. The van der Waals surface area contributed by atoms with Crippen LogP contribution in [0.25, 0.3) is 66.1 Å². The van der Waals surface area contributed by atoms with Crippen molar-refractivity contribution in [3.05, 3.63) is 241 Å². The zero-order valence-corrected chi connectivity index (χ0v) is 33.3. The lowest BCUT2D eigenvalue weighted by Gasteiger charge is -2.30. The largest absolute Gasteiger partial charge is 0.455 e. The van der Waals surface area contributed by atoms with Crippen LogP contribution in [0.1, 0.15) is 41.9 Å². The summed E-state index contributed by atoms with van der Waals surface area (Å²) in [5, 5.41) is 4.86. The fourth-order valence-corrected chi connectivity index (χ4v) is 9.22. The third-order valence-electron chi connectivity index (χ3n) is 12.4. The van der Waals surface area contributed by atoms with Crippen molar-refractivity contribution in [2.24, 2.45) is 0 Å². The lowest BCUT2D eigenvalue weighted by atomic mass is 9.87. The third-order valence-corrected chi connectivity index (χ3v) is 12.4. The van der Waals surface area contributed by atoms with E-state index in [2.05, 4.69) is 217 Å². The number of benzene rings is 8. The molecule has 0 saturated carbocycles. The highest BCUT2D eigenvalue weighted by Gasteiger charge is 2.21. The molecule has 0 radical (unpaired) electrons. The molecular weight excluding hydrogens is 727 g/mol. The first kappa shape index (κ1) is 35.7. The monoisotopic (exact) mass is 769 g/mol. The van der Waals surface area contributed by atoms with Gasteiger partial charge in [-0.05, 0) is 111 Å². The van der Waals surface area contributed by atoms with E-state index in [4.69, 9.17) is 4.42 Å². The van der Waals surface area contributed by atoms with Gasteiger partial charge in [-0.2, -0.15) is 0 Å². The maximum atomic E-state index is 6.45. The fraction of sp³-hybridized carbons (Fsp3) is 0.0690. The van der Waals surface area contributed by atoms with Crippen molar-refractivity contribution < 1.29 is 4.42 Å². The standard InChI is InChI=1S/C58H43NO/c1-2-10-40(11-3-1)41-20-22-42(23-21-41)43-24-26-44(27-25-43)45-28-34-49(35-29-45)59(50-36-30-47(31-37-50)53-16-8-13-46-12-4-5-14-52(46)53)51-38-32-48(33-39-51)54-17-9-18-56-55-15-6-7-19-57(55)60-58(54)56/h1-24,26-32,34-38,43H,25,33,39H2. The maximum Gasteiger partial charge on any atom is 0.142 e. The summed E-state index contributed by atoms with van der Waals surface area (Å²) in [6.07, 6.45) is 14.5. The SMILES string of the molecule is C1=CC(c2ccc(-c3ccccc3)cc2)CC=C1c1ccc(N(C2=CC=C(c3cccc4c3oc3ccccc34)CC2)c2ccc(-c3cccc4ccccc34)cc2)cc1. The van der Waals surface area contributed by atoms with Gasteiger partial charge in [-0.3, -0.25) is 0 Å². The Morgan fingerprint density at radius 3 is 1.85 bits per heavy atom. The smallest absolute Gasteiger partial charge is 0.142 e. The second-order valence-electron chi connectivity index (χ2n) is 15.9. The minimum Gasteiger partial charge on any atom is -0.455 e. The average molecular weight is 770 g/mol. The van der Waals surface area contributed by atoms with Crippen LogP contribution in [0.3, 0.4) is 0 Å². The fourth-order valence-electron chi connectivity index (χ4n) is 9.22. The van der Waals surface area contributed by atoms with Gasteiger partial charge in [0.2, 0.25) is 0 Å². The van der Waals surface area contributed by atoms with Crippen molar-refractivity contribution in [2.45, 2.75) is 25.2 Å².